The predicted molar refractivity (Wildman–Crippen MR) is 55.8 cm³/mol. The molecule has 0 aromatic carbocycles. The number of nitrogens with one attached hydrogen (secondary N) is 1. The zero-order valence-electron chi connectivity index (χ0n) is 8.54. The molecular weight excluding hydrogens is 178 g/mol. The van der Waals surface area contributed by atoms with Gasteiger partial charge >= 0.3 is 0 Å². The zero-order chi connectivity index (χ0) is 10.4. The van der Waals surface area contributed by atoms with E-state index in [1.807, 2.05) is 0 Å². The summed E-state index contributed by atoms with van der Waals surface area (Å²) >= 11 is 0. The Morgan fingerprint density at radius 2 is 2.21 bits per heavy atom. The second kappa shape index (κ2) is 5.81. The molecule has 1 amide bonds. The molecule has 1 aliphatic carbocycles. The number of hydrogen-bond acceptors (Lipinski definition) is 2. The van der Waals surface area contributed by atoms with E-state index in [0.29, 0.717) is 12.5 Å². The third kappa shape index (κ3) is 3.50. The van der Waals surface area contributed by atoms with Gasteiger partial charge in [-0.25, -0.2) is 0 Å². The summed E-state index contributed by atoms with van der Waals surface area (Å²) in [6.07, 6.45) is 6.33. The molecule has 0 aliphatic heterocycles. The van der Waals surface area contributed by atoms with Gasteiger partial charge in [0.1, 0.15) is 0 Å². The van der Waals surface area contributed by atoms with Crippen LogP contribution < -0.4 is 5.32 Å². The number of aliphatic hydroxyl groups excluding tert-OH is 1. The molecule has 0 spiro atoms. The molecule has 1 aliphatic rings. The van der Waals surface area contributed by atoms with Gasteiger partial charge in [0.25, 0.3) is 0 Å². The summed E-state index contributed by atoms with van der Waals surface area (Å²) in [4.78, 5) is 10.8. The summed E-state index contributed by atoms with van der Waals surface area (Å²) in [5, 5.41) is 12.4. The molecular formula is C11H19NO2. The van der Waals surface area contributed by atoms with Crippen LogP contribution in [0.5, 0.6) is 0 Å². The lowest BCUT2D eigenvalue weighted by molar-refractivity contribution is -0.116. The molecule has 0 aromatic rings. The van der Waals surface area contributed by atoms with Crippen LogP contribution in [-0.4, -0.2) is 23.7 Å². The first-order valence-corrected chi connectivity index (χ1v) is 5.32. The minimum absolute atomic E-state index is 0.129. The lowest BCUT2D eigenvalue weighted by atomic mass is 9.84. The first-order valence-electron chi connectivity index (χ1n) is 5.32. The third-order valence-corrected chi connectivity index (χ3v) is 2.87. The van der Waals surface area contributed by atoms with Crippen LogP contribution in [0.15, 0.2) is 12.7 Å². The summed E-state index contributed by atoms with van der Waals surface area (Å²) in [5.41, 5.74) is 0. The van der Waals surface area contributed by atoms with Gasteiger partial charge in [0.2, 0.25) is 5.91 Å². The minimum Gasteiger partial charge on any atom is -0.393 e. The molecule has 0 bridgehead atoms. The van der Waals surface area contributed by atoms with Crippen LogP contribution in [0.4, 0.5) is 0 Å². The molecule has 0 heterocycles. The van der Waals surface area contributed by atoms with Gasteiger partial charge in [-0.3, -0.25) is 4.79 Å². The monoisotopic (exact) mass is 197 g/mol. The normalized spacial score (nSPS) is 26.9. The number of hydrogen-bond donors (Lipinski definition) is 2. The topological polar surface area (TPSA) is 49.3 Å². The Kier molecular flexibility index (Phi) is 4.66. The Morgan fingerprint density at radius 1 is 1.50 bits per heavy atom. The van der Waals surface area contributed by atoms with Crippen molar-refractivity contribution in [2.75, 3.05) is 6.54 Å². The molecule has 1 rings (SSSR count). The number of rotatable bonds is 4. The highest BCUT2D eigenvalue weighted by atomic mass is 16.3. The molecule has 0 aromatic heterocycles. The van der Waals surface area contributed by atoms with E-state index in [9.17, 15) is 9.90 Å². The molecule has 0 unspecified atom stereocenters. The molecule has 3 heteroatoms. The van der Waals surface area contributed by atoms with E-state index in [1.54, 1.807) is 0 Å². The van der Waals surface area contributed by atoms with Crippen LogP contribution in [0.2, 0.25) is 0 Å². The molecule has 2 atom stereocenters. The minimum atomic E-state index is -0.163. The van der Waals surface area contributed by atoms with Crippen molar-refractivity contribution in [3.63, 3.8) is 0 Å². The van der Waals surface area contributed by atoms with Crippen LogP contribution in [0.25, 0.3) is 0 Å². The largest absolute Gasteiger partial charge is 0.393 e. The number of carbonyl (C=O) groups excluding carboxylic acids is 1. The van der Waals surface area contributed by atoms with Gasteiger partial charge < -0.3 is 10.4 Å². The van der Waals surface area contributed by atoms with Crippen molar-refractivity contribution in [1.29, 1.82) is 0 Å². The highest BCUT2D eigenvalue weighted by molar-refractivity contribution is 5.86. The van der Waals surface area contributed by atoms with E-state index in [0.717, 1.165) is 25.7 Å². The lowest BCUT2D eigenvalue weighted by Crippen LogP contribution is -2.30. The second-order valence-electron chi connectivity index (χ2n) is 3.90. The van der Waals surface area contributed by atoms with Crippen LogP contribution in [0.1, 0.15) is 32.1 Å². The van der Waals surface area contributed by atoms with Gasteiger partial charge in [0.05, 0.1) is 6.10 Å². The van der Waals surface area contributed by atoms with Crippen LogP contribution in [0, 0.1) is 5.92 Å². The van der Waals surface area contributed by atoms with Crippen molar-refractivity contribution in [1.82, 2.24) is 5.32 Å². The fraction of sp³-hybridized carbons (Fsp3) is 0.727. The van der Waals surface area contributed by atoms with Gasteiger partial charge in [-0.05, 0) is 31.3 Å². The van der Waals surface area contributed by atoms with Crippen molar-refractivity contribution in [2.24, 2.45) is 5.92 Å². The van der Waals surface area contributed by atoms with Gasteiger partial charge in [-0.1, -0.05) is 19.4 Å². The first-order chi connectivity index (χ1) is 6.74. The van der Waals surface area contributed by atoms with Crippen molar-refractivity contribution in [3.8, 4) is 0 Å². The predicted octanol–water partition coefficient (Wildman–Crippen LogP) is 1.23. The summed E-state index contributed by atoms with van der Waals surface area (Å²) in [6, 6.07) is 0. The molecule has 80 valence electrons. The van der Waals surface area contributed by atoms with Crippen molar-refractivity contribution < 1.29 is 9.90 Å². The van der Waals surface area contributed by atoms with E-state index < -0.39 is 0 Å². The Balaban J connectivity index is 2.16. The first kappa shape index (κ1) is 11.2. The van der Waals surface area contributed by atoms with E-state index in [4.69, 9.17) is 0 Å². The van der Waals surface area contributed by atoms with Crippen LogP contribution in [0.3, 0.4) is 0 Å². The highest BCUT2D eigenvalue weighted by Crippen LogP contribution is 2.26. The molecule has 1 fully saturated rings. The molecule has 3 nitrogen and oxygen atoms in total. The fourth-order valence-corrected chi connectivity index (χ4v) is 1.98. The third-order valence-electron chi connectivity index (χ3n) is 2.87. The van der Waals surface area contributed by atoms with E-state index in [1.165, 1.54) is 12.5 Å². The van der Waals surface area contributed by atoms with E-state index >= 15 is 0 Å². The lowest BCUT2D eigenvalue weighted by Gasteiger charge is -2.27. The second-order valence-corrected chi connectivity index (χ2v) is 3.90. The number of carbonyl (C=O) groups is 1. The van der Waals surface area contributed by atoms with E-state index in [2.05, 4.69) is 11.9 Å². The Labute approximate surface area is 85.2 Å². The summed E-state index contributed by atoms with van der Waals surface area (Å²) < 4.78 is 0. The number of amides is 1. The van der Waals surface area contributed by atoms with Gasteiger partial charge in [-0.15, -0.1) is 0 Å². The van der Waals surface area contributed by atoms with Gasteiger partial charge in [-0.2, -0.15) is 0 Å². The fourth-order valence-electron chi connectivity index (χ4n) is 1.98. The quantitative estimate of drug-likeness (QED) is 0.666. The average molecular weight is 197 g/mol. The Morgan fingerprint density at radius 3 is 2.86 bits per heavy atom. The Hall–Kier alpha value is -0.830. The van der Waals surface area contributed by atoms with E-state index in [-0.39, 0.29) is 12.0 Å². The SMILES string of the molecule is C=CC(=O)NCC[C@H]1CCCC[C@H]1O. The zero-order valence-corrected chi connectivity index (χ0v) is 8.54. The maximum atomic E-state index is 10.8. The molecule has 0 radical (unpaired) electrons. The summed E-state index contributed by atoms with van der Waals surface area (Å²) in [7, 11) is 0. The van der Waals surface area contributed by atoms with Gasteiger partial charge in [0, 0.05) is 6.54 Å². The maximum Gasteiger partial charge on any atom is 0.243 e. The average Bonchev–Trinajstić information content (AvgIpc) is 2.20. The summed E-state index contributed by atoms with van der Waals surface area (Å²) in [6.45, 7) is 4.02. The van der Waals surface area contributed by atoms with Crippen molar-refractivity contribution in [2.45, 2.75) is 38.2 Å². The van der Waals surface area contributed by atoms with Crippen LogP contribution in [-0.2, 0) is 4.79 Å². The highest BCUT2D eigenvalue weighted by Gasteiger charge is 2.22. The molecule has 0 saturated heterocycles. The smallest absolute Gasteiger partial charge is 0.243 e. The maximum absolute atomic E-state index is 10.8. The van der Waals surface area contributed by atoms with Crippen molar-refractivity contribution >= 4 is 5.91 Å². The molecule has 2 N–H and O–H groups in total. The number of aliphatic hydroxyl groups is 1. The van der Waals surface area contributed by atoms with Crippen molar-refractivity contribution in [3.05, 3.63) is 12.7 Å². The molecule has 14 heavy (non-hydrogen) atoms. The standard InChI is InChI=1S/C11H19NO2/c1-2-11(14)12-8-7-9-5-3-4-6-10(9)13/h2,9-10,13H,1,3-8H2,(H,12,14)/t9-,10-/m1/s1. The van der Waals surface area contributed by atoms with Gasteiger partial charge in [0.15, 0.2) is 0 Å². The van der Waals surface area contributed by atoms with Crippen LogP contribution >= 0.6 is 0 Å². The Bertz CT molecular complexity index is 203. The summed E-state index contributed by atoms with van der Waals surface area (Å²) in [5.74, 6) is 0.240. The molecule has 1 saturated carbocycles.